The zero-order chi connectivity index (χ0) is 38.4. The average Bonchev–Trinajstić information content (AvgIpc) is 3.54. The fourth-order valence-electron chi connectivity index (χ4n) is 9.60. The van der Waals surface area contributed by atoms with Crippen molar-refractivity contribution in [3.8, 4) is 0 Å². The van der Waals surface area contributed by atoms with Crippen LogP contribution in [0.4, 0.5) is 0 Å². The monoisotopic (exact) mass is 751 g/mol. The number of ether oxygens (including phenoxy) is 2. The first kappa shape index (κ1) is 47.2. The van der Waals surface area contributed by atoms with Gasteiger partial charge in [-0.2, -0.15) is 0 Å². The first-order valence-electron chi connectivity index (χ1n) is 23.9. The molecule has 0 aromatic heterocycles. The van der Waals surface area contributed by atoms with Crippen LogP contribution in [0.2, 0.25) is 0 Å². The number of nitrogens with one attached hydrogen (secondary N) is 2. The Morgan fingerprint density at radius 1 is 0.444 bits per heavy atom. The Morgan fingerprint density at radius 3 is 1.17 bits per heavy atom. The third kappa shape index (κ3) is 19.3. The molecular formula is C50H90N2O2. The highest BCUT2D eigenvalue weighted by atomic mass is 16.8. The minimum Gasteiger partial charge on any atom is -0.344 e. The minimum absolute atomic E-state index is 0.250. The lowest BCUT2D eigenvalue weighted by atomic mass is 9.66. The quantitative estimate of drug-likeness (QED) is 0.0531. The van der Waals surface area contributed by atoms with E-state index in [0.717, 1.165) is 38.5 Å². The summed E-state index contributed by atoms with van der Waals surface area (Å²) in [5, 5.41) is 7.08. The summed E-state index contributed by atoms with van der Waals surface area (Å²) in [6.45, 7) is 4.55. The van der Waals surface area contributed by atoms with Crippen molar-refractivity contribution in [1.82, 2.24) is 10.6 Å². The van der Waals surface area contributed by atoms with Gasteiger partial charge in [-0.15, -0.1) is 0 Å². The van der Waals surface area contributed by atoms with Crippen LogP contribution in [-0.4, -0.2) is 44.2 Å². The topological polar surface area (TPSA) is 42.5 Å². The lowest BCUT2D eigenvalue weighted by Gasteiger charge is -2.44. The molecule has 2 N–H and O–H groups in total. The summed E-state index contributed by atoms with van der Waals surface area (Å²) in [7, 11) is 4.19. The van der Waals surface area contributed by atoms with Crippen LogP contribution < -0.4 is 10.6 Å². The van der Waals surface area contributed by atoms with E-state index in [2.05, 4.69) is 87.2 Å². The van der Waals surface area contributed by atoms with Gasteiger partial charge in [0.15, 0.2) is 5.79 Å². The van der Waals surface area contributed by atoms with Crippen molar-refractivity contribution in [3.05, 3.63) is 48.6 Å². The Hall–Kier alpha value is -1.20. The summed E-state index contributed by atoms with van der Waals surface area (Å²) in [4.78, 5) is 0. The van der Waals surface area contributed by atoms with E-state index in [0.29, 0.717) is 17.5 Å². The number of unbranched alkanes of at least 4 members (excludes halogenated alkanes) is 18. The molecule has 1 spiro atoms. The standard InChI is InChI=1S/C50H90N2O2/c1-5-7-9-11-13-15-17-19-21-23-25-27-29-31-33-35-37-49(38-36-34-32-30-28-26-24-22-20-18-16-14-12-10-8-6-2)39-41-50(42-40-49)53-47-43-45(51-3)46(52-4)44-48(47)54-50/h13-16,19-22,45-48,51-52H,5-12,17-18,23-44H2,1-4H3/b15-13-,16-14-,21-19-,22-20-/t45-,46+,47+,48-. The zero-order valence-corrected chi connectivity index (χ0v) is 36.4. The highest BCUT2D eigenvalue weighted by Gasteiger charge is 2.54. The van der Waals surface area contributed by atoms with Crippen molar-refractivity contribution < 1.29 is 9.47 Å². The molecule has 0 radical (unpaired) electrons. The molecule has 1 saturated heterocycles. The van der Waals surface area contributed by atoms with Crippen LogP contribution in [-0.2, 0) is 9.47 Å². The molecule has 312 valence electrons. The Bertz CT molecular complexity index is 936. The smallest absolute Gasteiger partial charge is 0.169 e. The summed E-state index contributed by atoms with van der Waals surface area (Å²) >= 11 is 0. The number of likely N-dealkylation sites (N-methyl/N-ethyl adjacent to an activating group) is 2. The van der Waals surface area contributed by atoms with Crippen molar-refractivity contribution in [2.24, 2.45) is 5.41 Å². The van der Waals surface area contributed by atoms with Gasteiger partial charge in [-0.25, -0.2) is 0 Å². The maximum Gasteiger partial charge on any atom is 0.169 e. The Morgan fingerprint density at radius 2 is 0.796 bits per heavy atom. The van der Waals surface area contributed by atoms with Crippen molar-refractivity contribution >= 4 is 0 Å². The molecule has 4 heteroatoms. The molecule has 2 saturated carbocycles. The fourth-order valence-corrected chi connectivity index (χ4v) is 9.60. The number of fused-ring (bicyclic) bond motifs is 1. The van der Waals surface area contributed by atoms with E-state index >= 15 is 0 Å². The third-order valence-electron chi connectivity index (χ3n) is 13.2. The molecule has 3 fully saturated rings. The van der Waals surface area contributed by atoms with E-state index in [-0.39, 0.29) is 18.0 Å². The molecule has 54 heavy (non-hydrogen) atoms. The molecule has 0 unspecified atom stereocenters. The van der Waals surface area contributed by atoms with Gasteiger partial charge in [0.2, 0.25) is 0 Å². The maximum atomic E-state index is 6.88. The van der Waals surface area contributed by atoms with Gasteiger partial charge >= 0.3 is 0 Å². The first-order valence-corrected chi connectivity index (χ1v) is 23.9. The van der Waals surface area contributed by atoms with Crippen molar-refractivity contribution in [1.29, 1.82) is 0 Å². The van der Waals surface area contributed by atoms with Gasteiger partial charge in [0, 0.05) is 24.9 Å². The van der Waals surface area contributed by atoms with Crippen LogP contribution in [0.25, 0.3) is 0 Å². The van der Waals surface area contributed by atoms with Crippen molar-refractivity contribution in [2.45, 2.75) is 249 Å². The van der Waals surface area contributed by atoms with Gasteiger partial charge in [0.1, 0.15) is 0 Å². The zero-order valence-electron chi connectivity index (χ0n) is 36.4. The number of allylic oxidation sites excluding steroid dienone is 8. The van der Waals surface area contributed by atoms with E-state index in [1.807, 2.05) is 0 Å². The molecule has 3 rings (SSSR count). The average molecular weight is 751 g/mol. The molecule has 1 heterocycles. The number of hydrogen-bond acceptors (Lipinski definition) is 4. The van der Waals surface area contributed by atoms with E-state index in [1.54, 1.807) is 0 Å². The lowest BCUT2D eigenvalue weighted by Crippen LogP contribution is -2.54. The predicted octanol–water partition coefficient (Wildman–Crippen LogP) is 14.4. The number of rotatable bonds is 32. The maximum absolute atomic E-state index is 6.88. The highest BCUT2D eigenvalue weighted by Crippen LogP contribution is 2.53. The molecule has 3 aliphatic rings. The van der Waals surface area contributed by atoms with E-state index in [9.17, 15) is 0 Å². The van der Waals surface area contributed by atoms with Crippen LogP contribution >= 0.6 is 0 Å². The van der Waals surface area contributed by atoms with E-state index in [4.69, 9.17) is 9.47 Å². The molecule has 1 aliphatic heterocycles. The molecule has 0 amide bonds. The SMILES string of the molecule is CCCCC/C=C\C/C=C\CCCCCCCCC1(CCCCCCCC/C=C\C/C=C\CCCCC)CCC2(CC1)O[C@H]1C[C@@H](NC)[C@@H](NC)C[C@H]1O2. The largest absolute Gasteiger partial charge is 0.344 e. The lowest BCUT2D eigenvalue weighted by molar-refractivity contribution is -0.208. The summed E-state index contributed by atoms with van der Waals surface area (Å²) in [6.07, 6.45) is 61.2. The Kier molecular flexibility index (Phi) is 26.2. The molecule has 0 bridgehead atoms. The molecule has 0 aromatic carbocycles. The van der Waals surface area contributed by atoms with E-state index in [1.165, 1.54) is 167 Å². The van der Waals surface area contributed by atoms with Crippen molar-refractivity contribution in [3.63, 3.8) is 0 Å². The highest BCUT2D eigenvalue weighted by molar-refractivity contribution is 5.01. The summed E-state index contributed by atoms with van der Waals surface area (Å²) < 4.78 is 13.8. The van der Waals surface area contributed by atoms with Gasteiger partial charge in [0.05, 0.1) is 12.2 Å². The molecule has 2 aliphatic carbocycles. The van der Waals surface area contributed by atoms with E-state index < -0.39 is 0 Å². The normalized spacial score (nSPS) is 23.9. The summed E-state index contributed by atoms with van der Waals surface area (Å²) in [5.41, 5.74) is 0.497. The summed E-state index contributed by atoms with van der Waals surface area (Å²) in [6, 6.07) is 0.926. The van der Waals surface area contributed by atoms with Crippen LogP contribution in [0.5, 0.6) is 0 Å². The second-order valence-electron chi connectivity index (χ2n) is 17.7. The molecule has 4 atom stereocenters. The first-order chi connectivity index (χ1) is 26.6. The van der Waals surface area contributed by atoms with Gasteiger partial charge in [-0.05, 0) is 122 Å². The van der Waals surface area contributed by atoms with Crippen LogP contribution in [0, 0.1) is 5.41 Å². The number of hydrogen-bond donors (Lipinski definition) is 2. The van der Waals surface area contributed by atoms with Crippen LogP contribution in [0.15, 0.2) is 48.6 Å². The van der Waals surface area contributed by atoms with Gasteiger partial charge in [-0.1, -0.05) is 152 Å². The van der Waals surface area contributed by atoms with Gasteiger partial charge < -0.3 is 20.1 Å². The molecule has 4 nitrogen and oxygen atoms in total. The second-order valence-corrected chi connectivity index (χ2v) is 17.7. The third-order valence-corrected chi connectivity index (χ3v) is 13.2. The Labute approximate surface area is 336 Å². The van der Waals surface area contributed by atoms with Gasteiger partial charge in [0.25, 0.3) is 0 Å². The fraction of sp³-hybridized carbons (Fsp3) is 0.840. The molecule has 0 aromatic rings. The summed E-state index contributed by atoms with van der Waals surface area (Å²) in [5.74, 6) is -0.321. The van der Waals surface area contributed by atoms with Crippen LogP contribution in [0.3, 0.4) is 0 Å². The van der Waals surface area contributed by atoms with Crippen molar-refractivity contribution in [2.75, 3.05) is 14.1 Å². The minimum atomic E-state index is -0.321. The molecular weight excluding hydrogens is 661 g/mol. The predicted molar refractivity (Wildman–Crippen MR) is 236 cm³/mol. The van der Waals surface area contributed by atoms with Crippen LogP contribution in [0.1, 0.15) is 219 Å². The van der Waals surface area contributed by atoms with Gasteiger partial charge in [-0.3, -0.25) is 0 Å². The Balaban J connectivity index is 1.33. The second kappa shape index (κ2) is 30.0.